The first-order valence-corrected chi connectivity index (χ1v) is 26.6. The predicted molar refractivity (Wildman–Crippen MR) is 265 cm³/mol. The van der Waals surface area contributed by atoms with Gasteiger partial charge in [0.1, 0.15) is 13.2 Å². The summed E-state index contributed by atoms with van der Waals surface area (Å²) < 4.78 is 16.8. The van der Waals surface area contributed by atoms with Gasteiger partial charge in [0.15, 0.2) is 6.10 Å². The molecule has 0 saturated heterocycles. The van der Waals surface area contributed by atoms with Crippen molar-refractivity contribution in [1.82, 2.24) is 0 Å². The molecule has 6 nitrogen and oxygen atoms in total. The molecule has 6 heteroatoms. The molecule has 0 amide bonds. The quantitative estimate of drug-likeness (QED) is 0.0262. The van der Waals surface area contributed by atoms with Crippen molar-refractivity contribution in [2.45, 2.75) is 277 Å². The molecule has 0 radical (unpaired) electrons. The minimum Gasteiger partial charge on any atom is -0.462 e. The van der Waals surface area contributed by atoms with Crippen LogP contribution in [0.2, 0.25) is 0 Å². The summed E-state index contributed by atoms with van der Waals surface area (Å²) in [5.74, 6) is -0.902. The molecule has 0 heterocycles. The maximum absolute atomic E-state index is 12.8. The third-order valence-corrected chi connectivity index (χ3v) is 11.5. The molecule has 0 aromatic heterocycles. The fraction of sp³-hybridized carbons (Fsp3) is 0.804. The van der Waals surface area contributed by atoms with Gasteiger partial charge in [-0.15, -0.1) is 0 Å². The van der Waals surface area contributed by atoms with E-state index in [9.17, 15) is 14.4 Å². The Morgan fingerprint density at radius 2 is 0.581 bits per heavy atom. The number of hydrogen-bond donors (Lipinski definition) is 0. The first-order chi connectivity index (χ1) is 30.5. The largest absolute Gasteiger partial charge is 0.462 e. The number of allylic oxidation sites excluding steroid dienone is 8. The lowest BCUT2D eigenvalue weighted by molar-refractivity contribution is -0.167. The summed E-state index contributed by atoms with van der Waals surface area (Å²) >= 11 is 0. The second kappa shape index (κ2) is 51.0. The Morgan fingerprint density at radius 1 is 0.323 bits per heavy atom. The molecule has 0 bridgehead atoms. The first-order valence-electron chi connectivity index (χ1n) is 26.6. The molecule has 0 unspecified atom stereocenters. The molecule has 1 atom stereocenters. The number of rotatable bonds is 48. The lowest BCUT2D eigenvalue weighted by Crippen LogP contribution is -2.30. The average molecular weight is 869 g/mol. The Morgan fingerprint density at radius 3 is 0.952 bits per heavy atom. The highest BCUT2D eigenvalue weighted by atomic mass is 16.6. The second-order valence-electron chi connectivity index (χ2n) is 17.8. The summed E-state index contributed by atoms with van der Waals surface area (Å²) in [6.45, 7) is 6.58. The third kappa shape index (κ3) is 48.4. The molecule has 0 aliphatic carbocycles. The SMILES string of the molecule is CCCCC/C=C/C/C=C/CCCCCCCC(=O)OC[C@@H](COC(=O)CCCCCCC/C=C/CCCCCCC)OC(=O)CCCCCCCCC/C=C/CCCCCC. The van der Waals surface area contributed by atoms with Gasteiger partial charge < -0.3 is 14.2 Å². The lowest BCUT2D eigenvalue weighted by atomic mass is 10.1. The summed E-state index contributed by atoms with van der Waals surface area (Å²) in [6, 6.07) is 0. The van der Waals surface area contributed by atoms with Crippen molar-refractivity contribution >= 4 is 17.9 Å². The Kier molecular flexibility index (Phi) is 48.8. The van der Waals surface area contributed by atoms with E-state index in [0.717, 1.165) is 83.5 Å². The van der Waals surface area contributed by atoms with Crippen molar-refractivity contribution in [3.63, 3.8) is 0 Å². The van der Waals surface area contributed by atoms with E-state index >= 15 is 0 Å². The number of carbonyl (C=O) groups excluding carboxylic acids is 3. The van der Waals surface area contributed by atoms with Crippen LogP contribution in [0, 0.1) is 0 Å². The van der Waals surface area contributed by atoms with Crippen LogP contribution in [0.5, 0.6) is 0 Å². The summed E-state index contributed by atoms with van der Waals surface area (Å²) in [5, 5.41) is 0. The van der Waals surface area contributed by atoms with Gasteiger partial charge in [0.25, 0.3) is 0 Å². The highest BCUT2D eigenvalue weighted by Crippen LogP contribution is 2.14. The van der Waals surface area contributed by atoms with Crippen LogP contribution >= 0.6 is 0 Å². The van der Waals surface area contributed by atoms with E-state index in [1.54, 1.807) is 0 Å². The van der Waals surface area contributed by atoms with Crippen molar-refractivity contribution in [2.75, 3.05) is 13.2 Å². The average Bonchev–Trinajstić information content (AvgIpc) is 3.27. The van der Waals surface area contributed by atoms with Crippen LogP contribution in [0.4, 0.5) is 0 Å². The molecule has 0 rings (SSSR count). The number of esters is 3. The van der Waals surface area contributed by atoms with E-state index < -0.39 is 6.10 Å². The highest BCUT2D eigenvalue weighted by molar-refractivity contribution is 5.71. The predicted octanol–water partition coefficient (Wildman–Crippen LogP) is 17.5. The van der Waals surface area contributed by atoms with Crippen LogP contribution in [0.15, 0.2) is 48.6 Å². The number of hydrogen-bond acceptors (Lipinski definition) is 6. The molecule has 0 spiro atoms. The number of carbonyl (C=O) groups is 3. The number of unbranched alkanes of at least 4 members (excludes halogenated alkanes) is 29. The zero-order valence-corrected chi connectivity index (χ0v) is 41.1. The Hall–Kier alpha value is -2.63. The smallest absolute Gasteiger partial charge is 0.306 e. The Bertz CT molecular complexity index is 1090. The van der Waals surface area contributed by atoms with Crippen LogP contribution in [-0.2, 0) is 28.6 Å². The topological polar surface area (TPSA) is 78.9 Å². The van der Waals surface area contributed by atoms with Crippen LogP contribution in [0.3, 0.4) is 0 Å². The van der Waals surface area contributed by atoms with Crippen molar-refractivity contribution in [3.05, 3.63) is 48.6 Å². The first kappa shape index (κ1) is 59.4. The van der Waals surface area contributed by atoms with E-state index in [0.29, 0.717) is 19.3 Å². The number of ether oxygens (including phenoxy) is 3. The van der Waals surface area contributed by atoms with Gasteiger partial charge in [0, 0.05) is 19.3 Å². The molecule has 0 aromatic carbocycles. The van der Waals surface area contributed by atoms with E-state index in [1.807, 2.05) is 0 Å². The van der Waals surface area contributed by atoms with Gasteiger partial charge in [-0.1, -0.05) is 198 Å². The zero-order valence-electron chi connectivity index (χ0n) is 41.1. The maximum Gasteiger partial charge on any atom is 0.306 e. The van der Waals surface area contributed by atoms with Crippen molar-refractivity contribution in [3.8, 4) is 0 Å². The maximum atomic E-state index is 12.8. The van der Waals surface area contributed by atoms with Crippen LogP contribution in [0.1, 0.15) is 271 Å². The van der Waals surface area contributed by atoms with E-state index in [4.69, 9.17) is 14.2 Å². The van der Waals surface area contributed by atoms with Crippen LogP contribution in [0.25, 0.3) is 0 Å². The molecule has 0 N–H and O–H groups in total. The molecule has 62 heavy (non-hydrogen) atoms. The van der Waals surface area contributed by atoms with Gasteiger partial charge in [0.2, 0.25) is 0 Å². The van der Waals surface area contributed by atoms with Crippen molar-refractivity contribution < 1.29 is 28.6 Å². The molecule has 0 aliphatic rings. The van der Waals surface area contributed by atoms with Gasteiger partial charge in [-0.2, -0.15) is 0 Å². The zero-order chi connectivity index (χ0) is 45.1. The minimum atomic E-state index is -0.783. The van der Waals surface area contributed by atoms with Gasteiger partial charge in [0.05, 0.1) is 0 Å². The van der Waals surface area contributed by atoms with Crippen LogP contribution < -0.4 is 0 Å². The minimum absolute atomic E-state index is 0.0828. The molecule has 0 fully saturated rings. The molecule has 0 aromatic rings. The van der Waals surface area contributed by atoms with Gasteiger partial charge in [-0.25, -0.2) is 0 Å². The normalized spacial score (nSPS) is 12.4. The van der Waals surface area contributed by atoms with E-state index in [-0.39, 0.29) is 31.1 Å². The van der Waals surface area contributed by atoms with Gasteiger partial charge >= 0.3 is 17.9 Å². The van der Waals surface area contributed by atoms with Gasteiger partial charge in [-0.3, -0.25) is 14.4 Å². The summed E-state index contributed by atoms with van der Waals surface area (Å²) in [4.78, 5) is 38.0. The van der Waals surface area contributed by atoms with Crippen molar-refractivity contribution in [1.29, 1.82) is 0 Å². The highest BCUT2D eigenvalue weighted by Gasteiger charge is 2.19. The fourth-order valence-corrected chi connectivity index (χ4v) is 7.46. The monoisotopic (exact) mass is 869 g/mol. The fourth-order valence-electron chi connectivity index (χ4n) is 7.46. The van der Waals surface area contributed by atoms with E-state index in [2.05, 4.69) is 69.4 Å². The molecule has 0 saturated carbocycles. The molecular formula is C56H100O6. The summed E-state index contributed by atoms with van der Waals surface area (Å²) in [7, 11) is 0. The van der Waals surface area contributed by atoms with Crippen molar-refractivity contribution in [2.24, 2.45) is 0 Å². The Labute approximate surface area is 384 Å². The third-order valence-electron chi connectivity index (χ3n) is 11.5. The molecule has 360 valence electrons. The van der Waals surface area contributed by atoms with Crippen LogP contribution in [-0.4, -0.2) is 37.2 Å². The summed E-state index contributed by atoms with van der Waals surface area (Å²) in [5.41, 5.74) is 0. The summed E-state index contributed by atoms with van der Waals surface area (Å²) in [6.07, 6.45) is 60.9. The molecular weight excluding hydrogens is 769 g/mol. The van der Waals surface area contributed by atoms with Gasteiger partial charge in [-0.05, 0) is 103 Å². The standard InChI is InChI=1S/C56H100O6/c1-4-7-10-13-16-19-22-25-28-31-34-37-40-43-46-49-55(58)61-52-53(51-60-54(57)48-45-42-39-36-33-30-27-24-21-18-15-12-9-6-3)62-56(59)50-47-44-41-38-35-32-29-26-23-20-17-14-11-8-5-2/h16,19-20,23-25,27-28,53H,4-15,17-18,21-22,26,29-52H2,1-3H3/b19-16+,23-20+,27-24+,28-25+/t53-/m1/s1. The Balaban J connectivity index is 4.41. The van der Waals surface area contributed by atoms with E-state index in [1.165, 1.54) is 148 Å². The second-order valence-corrected chi connectivity index (χ2v) is 17.8. The molecule has 0 aliphatic heterocycles. The lowest BCUT2D eigenvalue weighted by Gasteiger charge is -2.18.